The molecule has 0 aromatic carbocycles. The van der Waals surface area contributed by atoms with E-state index in [1.807, 2.05) is 4.90 Å². The third kappa shape index (κ3) is 7.68. The Kier molecular flexibility index (Phi) is 11.7. The van der Waals surface area contributed by atoms with Crippen molar-refractivity contribution in [1.82, 2.24) is 10.2 Å². The van der Waals surface area contributed by atoms with E-state index in [4.69, 9.17) is 16.7 Å². The molecule has 1 rings (SSSR count). The number of carboxylic acid groups (broad SMARTS) is 1. The van der Waals surface area contributed by atoms with Gasteiger partial charge in [-0.05, 0) is 6.42 Å². The van der Waals surface area contributed by atoms with Gasteiger partial charge in [0, 0.05) is 13.1 Å². The maximum Gasteiger partial charge on any atom is 0.323 e. The van der Waals surface area contributed by atoms with E-state index >= 15 is 0 Å². The first-order chi connectivity index (χ1) is 11.6. The SMILES string of the molecule is CCCCCCCCCCCC1NCC(C(Cl)C(=O)O)N1CCO. The molecule has 0 amide bonds. The summed E-state index contributed by atoms with van der Waals surface area (Å²) < 4.78 is 0. The van der Waals surface area contributed by atoms with Gasteiger partial charge in [-0.25, -0.2) is 0 Å². The second-order valence-corrected chi connectivity index (χ2v) is 7.28. The van der Waals surface area contributed by atoms with Crippen LogP contribution < -0.4 is 5.32 Å². The summed E-state index contributed by atoms with van der Waals surface area (Å²) in [6.07, 6.45) is 12.8. The number of alkyl halides is 1. The molecule has 1 saturated heterocycles. The molecule has 24 heavy (non-hydrogen) atoms. The molecule has 0 saturated carbocycles. The monoisotopic (exact) mass is 362 g/mol. The van der Waals surface area contributed by atoms with E-state index in [1.165, 1.54) is 51.4 Å². The molecule has 5 nitrogen and oxygen atoms in total. The molecule has 0 radical (unpaired) electrons. The van der Waals surface area contributed by atoms with Crippen LogP contribution in [0.15, 0.2) is 0 Å². The number of halogens is 1. The Morgan fingerprint density at radius 1 is 1.17 bits per heavy atom. The highest BCUT2D eigenvalue weighted by atomic mass is 35.5. The minimum Gasteiger partial charge on any atom is -0.480 e. The van der Waals surface area contributed by atoms with Gasteiger partial charge in [0.1, 0.15) is 5.38 Å². The van der Waals surface area contributed by atoms with Gasteiger partial charge < -0.3 is 15.5 Å². The average Bonchev–Trinajstić information content (AvgIpc) is 2.95. The fourth-order valence-electron chi connectivity index (χ4n) is 3.51. The zero-order valence-corrected chi connectivity index (χ0v) is 15.8. The summed E-state index contributed by atoms with van der Waals surface area (Å²) in [5.74, 6) is -0.991. The minimum absolute atomic E-state index is 0.0235. The lowest BCUT2D eigenvalue weighted by Crippen LogP contribution is -2.46. The molecule has 3 N–H and O–H groups in total. The van der Waals surface area contributed by atoms with E-state index in [1.54, 1.807) is 0 Å². The Balaban J connectivity index is 2.20. The van der Waals surface area contributed by atoms with Crippen LogP contribution in [0.2, 0.25) is 0 Å². The van der Waals surface area contributed by atoms with E-state index < -0.39 is 11.3 Å². The van der Waals surface area contributed by atoms with Crippen LogP contribution in [0.5, 0.6) is 0 Å². The number of carbonyl (C=O) groups is 1. The molecule has 0 spiro atoms. The van der Waals surface area contributed by atoms with Crippen molar-refractivity contribution in [2.75, 3.05) is 19.7 Å². The van der Waals surface area contributed by atoms with E-state index in [9.17, 15) is 9.90 Å². The van der Waals surface area contributed by atoms with Crippen molar-refractivity contribution < 1.29 is 15.0 Å². The Morgan fingerprint density at radius 3 is 2.29 bits per heavy atom. The van der Waals surface area contributed by atoms with E-state index in [0.29, 0.717) is 13.1 Å². The number of aliphatic hydroxyl groups excluding tert-OH is 1. The van der Waals surface area contributed by atoms with Crippen LogP contribution in [0.3, 0.4) is 0 Å². The zero-order valence-electron chi connectivity index (χ0n) is 15.1. The summed E-state index contributed by atoms with van der Waals surface area (Å²) in [6, 6.07) is -0.250. The number of β-amino-alcohol motifs (C(OH)–C–C–N with tert-alkyl or cyclic N) is 1. The number of rotatable bonds is 14. The fourth-order valence-corrected chi connectivity index (χ4v) is 3.75. The first kappa shape index (κ1) is 21.7. The normalized spacial score (nSPS) is 22.8. The summed E-state index contributed by atoms with van der Waals surface area (Å²) >= 11 is 6.01. The quantitative estimate of drug-likeness (QED) is 0.327. The van der Waals surface area contributed by atoms with Gasteiger partial charge >= 0.3 is 5.97 Å². The number of carboxylic acids is 1. The van der Waals surface area contributed by atoms with Gasteiger partial charge in [0.25, 0.3) is 0 Å². The number of aliphatic hydroxyl groups is 1. The van der Waals surface area contributed by atoms with Gasteiger partial charge in [-0.2, -0.15) is 0 Å². The second-order valence-electron chi connectivity index (χ2n) is 6.81. The van der Waals surface area contributed by atoms with Crippen molar-refractivity contribution >= 4 is 17.6 Å². The summed E-state index contributed by atoms with van der Waals surface area (Å²) in [6.45, 7) is 3.30. The topological polar surface area (TPSA) is 72.8 Å². The Morgan fingerprint density at radius 2 is 1.75 bits per heavy atom. The maximum absolute atomic E-state index is 11.1. The average molecular weight is 363 g/mol. The zero-order chi connectivity index (χ0) is 17.8. The van der Waals surface area contributed by atoms with Gasteiger partial charge in [-0.1, -0.05) is 64.7 Å². The van der Waals surface area contributed by atoms with Crippen LogP contribution in [0.25, 0.3) is 0 Å². The maximum atomic E-state index is 11.1. The molecule has 3 unspecified atom stereocenters. The Labute approximate surface area is 151 Å². The van der Waals surface area contributed by atoms with Crippen LogP contribution in [-0.2, 0) is 4.79 Å². The molecule has 1 aliphatic rings. The summed E-state index contributed by atoms with van der Waals surface area (Å²) in [7, 11) is 0. The van der Waals surface area contributed by atoms with Crippen LogP contribution in [-0.4, -0.2) is 58.4 Å². The number of nitrogens with one attached hydrogen (secondary N) is 1. The van der Waals surface area contributed by atoms with Crippen LogP contribution in [0.1, 0.15) is 71.1 Å². The minimum atomic E-state index is -0.991. The van der Waals surface area contributed by atoms with Crippen molar-refractivity contribution in [1.29, 1.82) is 0 Å². The molecule has 1 heterocycles. The highest BCUT2D eigenvalue weighted by Crippen LogP contribution is 2.22. The van der Waals surface area contributed by atoms with Gasteiger partial charge in [0.05, 0.1) is 18.8 Å². The van der Waals surface area contributed by atoms with Crippen molar-refractivity contribution in [3.8, 4) is 0 Å². The molecule has 3 atom stereocenters. The summed E-state index contributed by atoms with van der Waals surface area (Å²) in [5.41, 5.74) is 0. The lowest BCUT2D eigenvalue weighted by Gasteiger charge is -2.29. The third-order valence-corrected chi connectivity index (χ3v) is 5.38. The predicted octanol–water partition coefficient (Wildman–Crippen LogP) is 3.19. The molecular weight excluding hydrogens is 328 g/mol. The predicted molar refractivity (Wildman–Crippen MR) is 98.5 cm³/mol. The van der Waals surface area contributed by atoms with Gasteiger partial charge in [0.15, 0.2) is 0 Å². The summed E-state index contributed by atoms with van der Waals surface area (Å²) in [5, 5.41) is 20.8. The largest absolute Gasteiger partial charge is 0.480 e. The molecule has 142 valence electrons. The standard InChI is InChI=1S/C18H35ClN2O3/c1-2-3-4-5-6-7-8-9-10-11-16-20-14-15(17(19)18(23)24)21(16)12-13-22/h15-17,20,22H,2-14H2,1H3,(H,23,24). The third-order valence-electron chi connectivity index (χ3n) is 4.90. The van der Waals surface area contributed by atoms with E-state index in [0.717, 1.165) is 12.8 Å². The van der Waals surface area contributed by atoms with Crippen molar-refractivity contribution in [2.45, 2.75) is 88.7 Å². The van der Waals surface area contributed by atoms with Crippen molar-refractivity contribution in [3.05, 3.63) is 0 Å². The van der Waals surface area contributed by atoms with E-state index in [-0.39, 0.29) is 18.8 Å². The molecule has 0 aromatic rings. The van der Waals surface area contributed by atoms with E-state index in [2.05, 4.69) is 12.2 Å². The smallest absolute Gasteiger partial charge is 0.323 e. The fraction of sp³-hybridized carbons (Fsp3) is 0.944. The number of aliphatic carboxylic acids is 1. The number of hydrogen-bond acceptors (Lipinski definition) is 4. The first-order valence-corrected chi connectivity index (χ1v) is 10.0. The molecule has 1 aliphatic heterocycles. The molecule has 6 heteroatoms. The van der Waals surface area contributed by atoms with Crippen LogP contribution in [0.4, 0.5) is 0 Å². The molecule has 0 bridgehead atoms. The molecule has 1 fully saturated rings. The Hall–Kier alpha value is -0.360. The van der Waals surface area contributed by atoms with Crippen LogP contribution >= 0.6 is 11.6 Å². The van der Waals surface area contributed by atoms with Crippen molar-refractivity contribution in [2.24, 2.45) is 0 Å². The molecule has 0 aliphatic carbocycles. The number of hydrogen-bond donors (Lipinski definition) is 3. The van der Waals surface area contributed by atoms with Crippen LogP contribution in [0, 0.1) is 0 Å². The van der Waals surface area contributed by atoms with Crippen molar-refractivity contribution in [3.63, 3.8) is 0 Å². The summed E-state index contributed by atoms with van der Waals surface area (Å²) in [4.78, 5) is 13.1. The Bertz CT molecular complexity index is 344. The second kappa shape index (κ2) is 12.9. The highest BCUT2D eigenvalue weighted by molar-refractivity contribution is 6.30. The lowest BCUT2D eigenvalue weighted by atomic mass is 10.1. The van der Waals surface area contributed by atoms with Gasteiger partial charge in [-0.3, -0.25) is 9.69 Å². The number of nitrogens with zero attached hydrogens (tertiary/aromatic N) is 1. The first-order valence-electron chi connectivity index (χ1n) is 9.58. The molecular formula is C18H35ClN2O3. The van der Waals surface area contributed by atoms with Gasteiger partial charge in [-0.15, -0.1) is 11.6 Å². The lowest BCUT2D eigenvalue weighted by molar-refractivity contribution is -0.137. The van der Waals surface area contributed by atoms with Gasteiger partial charge in [0.2, 0.25) is 0 Å². The molecule has 0 aromatic heterocycles. The number of unbranched alkanes of at least 4 members (excludes halogenated alkanes) is 8. The highest BCUT2D eigenvalue weighted by Gasteiger charge is 2.39.